The number of halogens is 3. The second kappa shape index (κ2) is 9.97. The molecule has 4 rings (SSSR count). The Morgan fingerprint density at radius 2 is 1.63 bits per heavy atom. The molecule has 2 amide bonds. The number of likely N-dealkylation sites (tertiary alicyclic amines) is 1. The molecule has 0 radical (unpaired) electrons. The Kier molecular flexibility index (Phi) is 7.00. The Bertz CT molecular complexity index is 1070. The summed E-state index contributed by atoms with van der Waals surface area (Å²) in [7, 11) is 0. The molecule has 1 aliphatic heterocycles. The summed E-state index contributed by atoms with van der Waals surface area (Å²) < 4.78 is 46.3. The molecule has 2 atom stereocenters. The number of ether oxygens (including phenoxy) is 1. The molecule has 2 N–H and O–H groups in total. The number of alkyl carbamates (subject to hydrolysis) is 1. The van der Waals surface area contributed by atoms with Crippen LogP contribution in [-0.4, -0.2) is 59.9 Å². The third-order valence-corrected chi connectivity index (χ3v) is 6.56. The van der Waals surface area contributed by atoms with E-state index in [1.807, 2.05) is 53.8 Å². The minimum atomic E-state index is -4.96. The standard InChI is InChI=1S/C25H25F3N2O5/c26-25(27,28)20(22(31)30-12-6-5-11-21(30)23(32)33)13-29-24(34)35-14-19-17-9-3-1-7-15(17)16-8-2-4-10-18(16)19/h1-4,7-10,19-21H,5-6,11-14H2,(H,29,34)(H,32,33)/t20?,21-/m0/s1. The molecule has 0 spiro atoms. The number of rotatable bonds is 6. The van der Waals surface area contributed by atoms with Crippen LogP contribution in [0.25, 0.3) is 11.1 Å². The number of piperidine rings is 1. The van der Waals surface area contributed by atoms with Crippen molar-refractivity contribution in [3.8, 4) is 11.1 Å². The lowest BCUT2D eigenvalue weighted by Crippen LogP contribution is -2.54. The predicted molar refractivity (Wildman–Crippen MR) is 120 cm³/mol. The summed E-state index contributed by atoms with van der Waals surface area (Å²) >= 11 is 0. The number of alkyl halides is 3. The van der Waals surface area contributed by atoms with Crippen LogP contribution < -0.4 is 5.32 Å². The van der Waals surface area contributed by atoms with E-state index in [1.54, 1.807) is 0 Å². The van der Waals surface area contributed by atoms with Gasteiger partial charge in [0.05, 0.1) is 0 Å². The largest absolute Gasteiger partial charge is 0.480 e. The fraction of sp³-hybridized carbons (Fsp3) is 0.400. The third-order valence-electron chi connectivity index (χ3n) is 6.56. The number of benzene rings is 2. The van der Waals surface area contributed by atoms with Crippen molar-refractivity contribution in [2.75, 3.05) is 19.7 Å². The molecule has 35 heavy (non-hydrogen) atoms. The van der Waals surface area contributed by atoms with Crippen molar-refractivity contribution in [3.05, 3.63) is 59.7 Å². The first-order valence-corrected chi connectivity index (χ1v) is 11.4. The average molecular weight is 490 g/mol. The minimum absolute atomic E-state index is 0.0761. The monoisotopic (exact) mass is 490 g/mol. The smallest absolute Gasteiger partial charge is 0.407 e. The Hall–Kier alpha value is -3.56. The van der Waals surface area contributed by atoms with Crippen LogP contribution in [-0.2, 0) is 14.3 Å². The van der Waals surface area contributed by atoms with Gasteiger partial charge < -0.3 is 20.1 Å². The van der Waals surface area contributed by atoms with Gasteiger partial charge in [-0.25, -0.2) is 9.59 Å². The predicted octanol–water partition coefficient (Wildman–Crippen LogP) is 4.17. The number of hydrogen-bond acceptors (Lipinski definition) is 4. The molecular formula is C25H25F3N2O5. The molecule has 1 heterocycles. The van der Waals surface area contributed by atoms with Gasteiger partial charge in [0.2, 0.25) is 5.91 Å². The Morgan fingerprint density at radius 1 is 1.03 bits per heavy atom. The van der Waals surface area contributed by atoms with Gasteiger partial charge in [0.15, 0.2) is 5.92 Å². The van der Waals surface area contributed by atoms with Crippen molar-refractivity contribution < 1.29 is 37.4 Å². The first-order valence-electron chi connectivity index (χ1n) is 11.4. The highest BCUT2D eigenvalue weighted by atomic mass is 19.4. The van der Waals surface area contributed by atoms with Crippen molar-refractivity contribution in [1.29, 1.82) is 0 Å². The molecule has 7 nitrogen and oxygen atoms in total. The Balaban J connectivity index is 1.40. The number of amides is 2. The van der Waals surface area contributed by atoms with Crippen molar-refractivity contribution in [2.24, 2.45) is 5.92 Å². The average Bonchev–Trinajstić information content (AvgIpc) is 3.15. The topological polar surface area (TPSA) is 95.9 Å². The first-order chi connectivity index (χ1) is 16.7. The van der Waals surface area contributed by atoms with Crippen LogP contribution in [0.3, 0.4) is 0 Å². The molecule has 2 aromatic rings. The van der Waals surface area contributed by atoms with Gasteiger partial charge in [-0.2, -0.15) is 13.2 Å². The zero-order valence-corrected chi connectivity index (χ0v) is 18.8. The number of carboxylic acids is 1. The van der Waals surface area contributed by atoms with E-state index in [-0.39, 0.29) is 25.5 Å². The van der Waals surface area contributed by atoms with Gasteiger partial charge in [0.25, 0.3) is 0 Å². The van der Waals surface area contributed by atoms with E-state index in [0.29, 0.717) is 12.8 Å². The fourth-order valence-electron chi connectivity index (χ4n) is 4.83. The van der Waals surface area contributed by atoms with Gasteiger partial charge in [0, 0.05) is 19.0 Å². The van der Waals surface area contributed by atoms with Crippen molar-refractivity contribution in [3.63, 3.8) is 0 Å². The highest BCUT2D eigenvalue weighted by Gasteiger charge is 2.49. The van der Waals surface area contributed by atoms with E-state index in [9.17, 15) is 32.7 Å². The lowest BCUT2D eigenvalue weighted by atomic mass is 9.98. The third kappa shape index (κ3) is 5.11. The van der Waals surface area contributed by atoms with Crippen molar-refractivity contribution in [2.45, 2.75) is 37.4 Å². The zero-order valence-electron chi connectivity index (χ0n) is 18.8. The lowest BCUT2D eigenvalue weighted by Gasteiger charge is -2.35. The summed E-state index contributed by atoms with van der Waals surface area (Å²) in [4.78, 5) is 37.2. The van der Waals surface area contributed by atoms with E-state index in [0.717, 1.165) is 27.2 Å². The maximum atomic E-state index is 13.7. The van der Waals surface area contributed by atoms with Crippen LogP contribution in [0.4, 0.5) is 18.0 Å². The number of aliphatic carboxylic acids is 1. The Labute approximate surface area is 199 Å². The van der Waals surface area contributed by atoms with Gasteiger partial charge in [0.1, 0.15) is 12.6 Å². The maximum Gasteiger partial charge on any atom is 0.407 e. The summed E-state index contributed by atoms with van der Waals surface area (Å²) in [6, 6.07) is 14.0. The first kappa shape index (κ1) is 24.6. The van der Waals surface area contributed by atoms with Gasteiger partial charge in [-0.05, 0) is 41.5 Å². The maximum absolute atomic E-state index is 13.7. The molecule has 1 fully saturated rings. The van der Waals surface area contributed by atoms with E-state index in [1.165, 1.54) is 0 Å². The summed E-state index contributed by atoms with van der Waals surface area (Å²) in [6.45, 7) is -1.20. The molecular weight excluding hydrogens is 465 g/mol. The number of fused-ring (bicyclic) bond motifs is 3. The van der Waals surface area contributed by atoms with Crippen LogP contribution in [0.2, 0.25) is 0 Å². The Morgan fingerprint density at radius 3 is 2.20 bits per heavy atom. The van der Waals surface area contributed by atoms with Crippen LogP contribution in [0.15, 0.2) is 48.5 Å². The highest BCUT2D eigenvalue weighted by molar-refractivity contribution is 5.86. The SMILES string of the molecule is O=C(NCC(C(=O)N1CCCC[C@H]1C(=O)O)C(F)(F)F)OCC1c2ccccc2-c2ccccc21. The van der Waals surface area contributed by atoms with Gasteiger partial charge in [-0.1, -0.05) is 48.5 Å². The number of carbonyl (C=O) groups excluding carboxylic acids is 2. The van der Waals surface area contributed by atoms with E-state index in [2.05, 4.69) is 0 Å². The lowest BCUT2D eigenvalue weighted by molar-refractivity contribution is -0.191. The molecule has 1 unspecified atom stereocenters. The van der Waals surface area contributed by atoms with Crippen LogP contribution >= 0.6 is 0 Å². The molecule has 1 aliphatic carbocycles. The second-order valence-electron chi connectivity index (χ2n) is 8.68. The van der Waals surface area contributed by atoms with E-state index >= 15 is 0 Å². The zero-order chi connectivity index (χ0) is 25.2. The second-order valence-corrected chi connectivity index (χ2v) is 8.68. The number of nitrogens with zero attached hydrogens (tertiary/aromatic N) is 1. The summed E-state index contributed by atoms with van der Waals surface area (Å²) in [5, 5.41) is 11.4. The quantitative estimate of drug-likeness (QED) is 0.634. The summed E-state index contributed by atoms with van der Waals surface area (Å²) in [6.07, 6.45) is -5.03. The molecule has 2 aromatic carbocycles. The van der Waals surface area contributed by atoms with Crippen LogP contribution in [0.1, 0.15) is 36.3 Å². The minimum Gasteiger partial charge on any atom is -0.480 e. The molecule has 1 saturated heterocycles. The van der Waals surface area contributed by atoms with E-state index < -0.39 is 42.7 Å². The van der Waals surface area contributed by atoms with Gasteiger partial charge in [-0.3, -0.25) is 4.79 Å². The number of nitrogens with one attached hydrogen (secondary N) is 1. The normalized spacial score (nSPS) is 18.4. The number of hydrogen-bond donors (Lipinski definition) is 2. The highest BCUT2D eigenvalue weighted by Crippen LogP contribution is 2.44. The molecule has 186 valence electrons. The molecule has 0 aromatic heterocycles. The summed E-state index contributed by atoms with van der Waals surface area (Å²) in [5.41, 5.74) is 3.92. The summed E-state index contributed by atoms with van der Waals surface area (Å²) in [5.74, 6) is -5.53. The van der Waals surface area contributed by atoms with Gasteiger partial charge >= 0.3 is 18.2 Å². The fourth-order valence-corrected chi connectivity index (χ4v) is 4.83. The molecule has 10 heteroatoms. The van der Waals surface area contributed by atoms with Crippen molar-refractivity contribution >= 4 is 18.0 Å². The molecule has 0 bridgehead atoms. The number of carbonyl (C=O) groups is 3. The number of carboxylic acid groups (broad SMARTS) is 1. The van der Waals surface area contributed by atoms with Crippen LogP contribution in [0, 0.1) is 5.92 Å². The molecule has 2 aliphatic rings. The van der Waals surface area contributed by atoms with E-state index in [4.69, 9.17) is 4.74 Å². The molecule has 0 saturated carbocycles. The van der Waals surface area contributed by atoms with Crippen LogP contribution in [0.5, 0.6) is 0 Å². The van der Waals surface area contributed by atoms with Crippen molar-refractivity contribution in [1.82, 2.24) is 10.2 Å². The van der Waals surface area contributed by atoms with Gasteiger partial charge in [-0.15, -0.1) is 0 Å².